The van der Waals surface area contributed by atoms with Crippen LogP contribution in [-0.2, 0) is 4.74 Å². The summed E-state index contributed by atoms with van der Waals surface area (Å²) in [7, 11) is 1.38. The number of ether oxygens (including phenoxy) is 2. The lowest BCUT2D eigenvalue weighted by Gasteiger charge is -2.44. The van der Waals surface area contributed by atoms with Gasteiger partial charge in [-0.15, -0.1) is 0 Å². The average Bonchev–Trinajstić information content (AvgIpc) is 2.91. The van der Waals surface area contributed by atoms with E-state index in [1.807, 2.05) is 6.92 Å². The second-order valence-corrected chi connectivity index (χ2v) is 5.86. The predicted octanol–water partition coefficient (Wildman–Crippen LogP) is 1.89. The highest BCUT2D eigenvalue weighted by atomic mass is 19.1. The molecule has 1 aromatic carbocycles. The zero-order chi connectivity index (χ0) is 16.6. The number of amides is 2. The third-order valence-electron chi connectivity index (χ3n) is 4.68. The van der Waals surface area contributed by atoms with E-state index in [-0.39, 0.29) is 29.9 Å². The predicted molar refractivity (Wildman–Crippen MR) is 79.9 cm³/mol. The number of hydrogen-bond acceptors (Lipinski definition) is 4. The summed E-state index contributed by atoms with van der Waals surface area (Å²) in [5, 5.41) is 0. The first-order chi connectivity index (χ1) is 11.0. The topological polar surface area (TPSA) is 59.1 Å². The van der Waals surface area contributed by atoms with E-state index in [0.717, 1.165) is 0 Å². The molecule has 23 heavy (non-hydrogen) atoms. The Hall–Kier alpha value is -2.31. The molecule has 124 valence electrons. The fraction of sp³-hybridized carbons (Fsp3) is 0.500. The van der Waals surface area contributed by atoms with Crippen molar-refractivity contribution in [2.75, 3.05) is 33.4 Å². The second-order valence-electron chi connectivity index (χ2n) is 5.86. The number of hydrogen-bond donors (Lipinski definition) is 0. The van der Waals surface area contributed by atoms with E-state index in [1.54, 1.807) is 15.9 Å². The number of carbonyl (C=O) groups is 2. The highest BCUT2D eigenvalue weighted by Crippen LogP contribution is 2.32. The van der Waals surface area contributed by atoms with Gasteiger partial charge in [0.05, 0.1) is 12.6 Å². The lowest BCUT2D eigenvalue weighted by molar-refractivity contribution is 0.0361. The zero-order valence-electron chi connectivity index (χ0n) is 13.2. The SMILES string of the molecule is CCC12COC(=O)N1CCN(C(=O)c1ccc(OC)c(F)c1)C2. The highest BCUT2D eigenvalue weighted by molar-refractivity contribution is 5.94. The Morgan fingerprint density at radius 2 is 2.22 bits per heavy atom. The van der Waals surface area contributed by atoms with Gasteiger partial charge in [0, 0.05) is 25.2 Å². The summed E-state index contributed by atoms with van der Waals surface area (Å²) in [6, 6.07) is 4.17. The molecule has 0 radical (unpaired) electrons. The summed E-state index contributed by atoms with van der Waals surface area (Å²) < 4.78 is 23.8. The molecule has 2 saturated heterocycles. The van der Waals surface area contributed by atoms with Crippen LogP contribution in [0.3, 0.4) is 0 Å². The molecule has 0 spiro atoms. The molecule has 6 nitrogen and oxygen atoms in total. The molecule has 1 atom stereocenters. The molecule has 1 aromatic rings. The summed E-state index contributed by atoms with van der Waals surface area (Å²) in [4.78, 5) is 27.8. The van der Waals surface area contributed by atoms with Gasteiger partial charge in [-0.05, 0) is 24.6 Å². The Morgan fingerprint density at radius 1 is 1.43 bits per heavy atom. The van der Waals surface area contributed by atoms with Gasteiger partial charge >= 0.3 is 6.09 Å². The fourth-order valence-electron chi connectivity index (χ4n) is 3.22. The summed E-state index contributed by atoms with van der Waals surface area (Å²) in [5.74, 6) is -0.717. The van der Waals surface area contributed by atoms with E-state index in [2.05, 4.69) is 0 Å². The van der Waals surface area contributed by atoms with Gasteiger partial charge < -0.3 is 14.4 Å². The third kappa shape index (κ3) is 2.50. The highest BCUT2D eigenvalue weighted by Gasteiger charge is 2.50. The number of fused-ring (bicyclic) bond motifs is 1. The van der Waals surface area contributed by atoms with Crippen LogP contribution in [0.5, 0.6) is 5.75 Å². The van der Waals surface area contributed by atoms with Crippen molar-refractivity contribution in [3.63, 3.8) is 0 Å². The van der Waals surface area contributed by atoms with E-state index >= 15 is 0 Å². The number of nitrogens with zero attached hydrogens (tertiary/aromatic N) is 2. The molecule has 2 heterocycles. The van der Waals surface area contributed by atoms with Crippen molar-refractivity contribution in [1.82, 2.24) is 9.80 Å². The van der Waals surface area contributed by atoms with Gasteiger partial charge in [-0.25, -0.2) is 9.18 Å². The lowest BCUT2D eigenvalue weighted by Crippen LogP contribution is -2.62. The van der Waals surface area contributed by atoms with Crippen molar-refractivity contribution >= 4 is 12.0 Å². The van der Waals surface area contributed by atoms with Crippen LogP contribution in [0.15, 0.2) is 18.2 Å². The van der Waals surface area contributed by atoms with E-state index < -0.39 is 11.4 Å². The molecule has 2 aliphatic rings. The van der Waals surface area contributed by atoms with Crippen molar-refractivity contribution in [3.8, 4) is 5.75 Å². The van der Waals surface area contributed by atoms with Crippen molar-refractivity contribution in [3.05, 3.63) is 29.6 Å². The number of rotatable bonds is 3. The quantitative estimate of drug-likeness (QED) is 0.853. The third-order valence-corrected chi connectivity index (χ3v) is 4.68. The minimum absolute atomic E-state index is 0.103. The Bertz CT molecular complexity index is 651. The fourth-order valence-corrected chi connectivity index (χ4v) is 3.22. The number of benzene rings is 1. The van der Waals surface area contributed by atoms with Crippen LogP contribution >= 0.6 is 0 Å². The Kier molecular flexibility index (Phi) is 3.87. The molecule has 0 N–H and O–H groups in total. The monoisotopic (exact) mass is 322 g/mol. The van der Waals surface area contributed by atoms with Gasteiger partial charge in [0.25, 0.3) is 5.91 Å². The first kappa shape index (κ1) is 15.6. The largest absolute Gasteiger partial charge is 0.494 e. The molecule has 0 aromatic heterocycles. The molecule has 3 rings (SSSR count). The first-order valence-corrected chi connectivity index (χ1v) is 7.58. The molecule has 0 bridgehead atoms. The smallest absolute Gasteiger partial charge is 0.410 e. The Balaban J connectivity index is 1.81. The van der Waals surface area contributed by atoms with Crippen molar-refractivity contribution in [1.29, 1.82) is 0 Å². The van der Waals surface area contributed by atoms with Crippen LogP contribution in [0, 0.1) is 5.82 Å². The molecular formula is C16H19FN2O4. The first-order valence-electron chi connectivity index (χ1n) is 7.58. The van der Waals surface area contributed by atoms with Crippen molar-refractivity contribution in [2.45, 2.75) is 18.9 Å². The maximum absolute atomic E-state index is 13.8. The van der Waals surface area contributed by atoms with Crippen LogP contribution in [0.1, 0.15) is 23.7 Å². The summed E-state index contributed by atoms with van der Waals surface area (Å²) in [6.07, 6.45) is 0.369. The number of methoxy groups -OCH3 is 1. The van der Waals surface area contributed by atoms with E-state index in [4.69, 9.17) is 9.47 Å². The molecule has 7 heteroatoms. The summed E-state index contributed by atoms with van der Waals surface area (Å²) >= 11 is 0. The molecular weight excluding hydrogens is 303 g/mol. The Labute approximate surface area is 133 Å². The molecule has 1 unspecified atom stereocenters. The van der Waals surface area contributed by atoms with Gasteiger partial charge in [0.1, 0.15) is 6.61 Å². The molecule has 2 amide bonds. The van der Waals surface area contributed by atoms with Crippen LogP contribution in [0.2, 0.25) is 0 Å². The van der Waals surface area contributed by atoms with Crippen LogP contribution in [-0.4, -0.2) is 60.7 Å². The van der Waals surface area contributed by atoms with Gasteiger partial charge in [-0.1, -0.05) is 6.92 Å². The van der Waals surface area contributed by atoms with Gasteiger partial charge in [0.2, 0.25) is 0 Å². The van der Waals surface area contributed by atoms with Crippen LogP contribution in [0.4, 0.5) is 9.18 Å². The van der Waals surface area contributed by atoms with Crippen LogP contribution < -0.4 is 4.74 Å². The van der Waals surface area contributed by atoms with E-state index in [0.29, 0.717) is 26.1 Å². The van der Waals surface area contributed by atoms with E-state index in [1.165, 1.54) is 19.2 Å². The number of piperazine rings is 1. The second kappa shape index (κ2) is 5.72. The Morgan fingerprint density at radius 3 is 2.87 bits per heavy atom. The van der Waals surface area contributed by atoms with Crippen molar-refractivity contribution < 1.29 is 23.5 Å². The molecule has 2 aliphatic heterocycles. The number of carbonyl (C=O) groups excluding carboxylic acids is 2. The van der Waals surface area contributed by atoms with Gasteiger partial charge in [0.15, 0.2) is 11.6 Å². The van der Waals surface area contributed by atoms with Gasteiger partial charge in [-0.2, -0.15) is 0 Å². The van der Waals surface area contributed by atoms with E-state index in [9.17, 15) is 14.0 Å². The zero-order valence-corrected chi connectivity index (χ0v) is 13.2. The lowest BCUT2D eigenvalue weighted by atomic mass is 9.92. The molecule has 0 aliphatic carbocycles. The van der Waals surface area contributed by atoms with Crippen LogP contribution in [0.25, 0.3) is 0 Å². The number of cyclic esters (lactones) is 1. The maximum atomic E-state index is 13.8. The minimum Gasteiger partial charge on any atom is -0.494 e. The standard InChI is InChI=1S/C16H19FN2O4/c1-3-16-9-18(6-7-19(16)15(21)23-10-16)14(20)11-4-5-13(22-2)12(17)8-11/h4-5,8H,3,6-7,9-10H2,1-2H3. The number of halogens is 1. The average molecular weight is 322 g/mol. The summed E-state index contributed by atoms with van der Waals surface area (Å²) in [6.45, 7) is 3.47. The summed E-state index contributed by atoms with van der Waals surface area (Å²) in [5.41, 5.74) is -0.205. The molecule has 2 fully saturated rings. The molecule has 0 saturated carbocycles. The van der Waals surface area contributed by atoms with Gasteiger partial charge in [-0.3, -0.25) is 9.69 Å². The maximum Gasteiger partial charge on any atom is 0.410 e. The minimum atomic E-state index is -0.568. The normalized spacial score (nSPS) is 23.5. The van der Waals surface area contributed by atoms with Crippen molar-refractivity contribution in [2.24, 2.45) is 0 Å².